The zero-order chi connectivity index (χ0) is 18.1. The van der Waals surface area contributed by atoms with Gasteiger partial charge in [0.25, 0.3) is 0 Å². The molecule has 1 unspecified atom stereocenters. The van der Waals surface area contributed by atoms with E-state index in [2.05, 4.69) is 15.2 Å². The average Bonchev–Trinajstić information content (AvgIpc) is 3.13. The third-order valence-corrected chi connectivity index (χ3v) is 3.57. The molecule has 134 valence electrons. The van der Waals surface area contributed by atoms with Gasteiger partial charge in [0.05, 0.1) is 17.9 Å². The molecule has 0 spiro atoms. The van der Waals surface area contributed by atoms with Gasteiger partial charge in [-0.1, -0.05) is 0 Å². The molecule has 0 aliphatic carbocycles. The number of nitrogens with zero attached hydrogens (tertiary/aromatic N) is 5. The zero-order valence-corrected chi connectivity index (χ0v) is 14.6. The van der Waals surface area contributed by atoms with Crippen molar-refractivity contribution >= 4 is 11.6 Å². The predicted molar refractivity (Wildman–Crippen MR) is 90.7 cm³/mol. The largest absolute Gasteiger partial charge is 0.474 e. The molecule has 1 atom stereocenters. The van der Waals surface area contributed by atoms with Crippen molar-refractivity contribution in [2.24, 2.45) is 0 Å². The predicted octanol–water partition coefficient (Wildman–Crippen LogP) is 2.66. The molecule has 3 aromatic rings. The van der Waals surface area contributed by atoms with Crippen LogP contribution in [-0.4, -0.2) is 37.1 Å². The van der Waals surface area contributed by atoms with E-state index in [-0.39, 0.29) is 35.4 Å². The molecule has 0 aliphatic rings. The molecule has 3 heterocycles. The van der Waals surface area contributed by atoms with Gasteiger partial charge in [0, 0.05) is 24.4 Å². The van der Waals surface area contributed by atoms with Crippen molar-refractivity contribution in [3.05, 3.63) is 24.3 Å². The van der Waals surface area contributed by atoms with Crippen molar-refractivity contribution in [2.45, 2.75) is 40.0 Å². The number of hydrogen-bond donors (Lipinski definition) is 1. The fraction of sp³-hybridized carbons (Fsp3) is 0.438. The fourth-order valence-electron chi connectivity index (χ4n) is 2.55. The van der Waals surface area contributed by atoms with Crippen LogP contribution in [0.15, 0.2) is 18.5 Å². The Morgan fingerprint density at radius 2 is 2.08 bits per heavy atom. The second-order valence-electron chi connectivity index (χ2n) is 5.84. The summed E-state index contributed by atoms with van der Waals surface area (Å²) in [6.07, 6.45) is 2.82. The Bertz CT molecular complexity index is 888. The summed E-state index contributed by atoms with van der Waals surface area (Å²) in [4.78, 5) is 4.00. The number of rotatable bonds is 6. The number of pyridine rings is 1. The van der Waals surface area contributed by atoms with Gasteiger partial charge in [0.1, 0.15) is 12.0 Å². The fourth-order valence-corrected chi connectivity index (χ4v) is 2.55. The summed E-state index contributed by atoms with van der Waals surface area (Å²) in [7, 11) is 0. The van der Waals surface area contributed by atoms with Crippen LogP contribution in [0, 0.1) is 5.82 Å². The highest BCUT2D eigenvalue weighted by molar-refractivity contribution is 5.71. The van der Waals surface area contributed by atoms with Crippen molar-refractivity contribution in [1.29, 1.82) is 0 Å². The smallest absolute Gasteiger partial charge is 0.240 e. The summed E-state index contributed by atoms with van der Waals surface area (Å²) in [6, 6.07) is 1.27. The van der Waals surface area contributed by atoms with Crippen LogP contribution in [-0.2, 0) is 4.74 Å². The molecular formula is C16H21FN6O2. The van der Waals surface area contributed by atoms with E-state index in [9.17, 15) is 4.39 Å². The van der Waals surface area contributed by atoms with Gasteiger partial charge in [0.2, 0.25) is 11.8 Å². The van der Waals surface area contributed by atoms with E-state index in [4.69, 9.17) is 15.2 Å². The number of ether oxygens (including phenoxy) is 2. The van der Waals surface area contributed by atoms with Crippen molar-refractivity contribution in [1.82, 2.24) is 24.4 Å². The van der Waals surface area contributed by atoms with Gasteiger partial charge < -0.3 is 15.2 Å². The molecule has 0 radical (unpaired) electrons. The molecule has 0 aliphatic heterocycles. The third-order valence-electron chi connectivity index (χ3n) is 3.57. The first-order chi connectivity index (χ1) is 11.9. The standard InChI is InChI=1S/C16H21FN6O2/c1-5-24-10(4)22-8-11(7-19-22)14-12(17)6-13-20-16(18)21-23(13)15(14)25-9(2)3/h6-10H,5H2,1-4H3,(H2,18,21). The van der Waals surface area contributed by atoms with E-state index in [1.807, 2.05) is 27.7 Å². The second kappa shape index (κ2) is 6.67. The number of fused-ring (bicyclic) bond motifs is 1. The molecule has 0 saturated heterocycles. The molecular weight excluding hydrogens is 327 g/mol. The number of anilines is 1. The first-order valence-electron chi connectivity index (χ1n) is 8.08. The lowest BCUT2D eigenvalue weighted by Gasteiger charge is -2.15. The lowest BCUT2D eigenvalue weighted by molar-refractivity contribution is 0.0160. The quantitative estimate of drug-likeness (QED) is 0.736. The van der Waals surface area contributed by atoms with Crippen LogP contribution in [0.1, 0.15) is 33.9 Å². The van der Waals surface area contributed by atoms with E-state index in [0.717, 1.165) is 0 Å². The van der Waals surface area contributed by atoms with E-state index in [1.54, 1.807) is 17.1 Å². The number of aromatic nitrogens is 5. The van der Waals surface area contributed by atoms with Crippen molar-refractivity contribution in [3.63, 3.8) is 0 Å². The topological polar surface area (TPSA) is 92.5 Å². The summed E-state index contributed by atoms with van der Waals surface area (Å²) in [6.45, 7) is 8.01. The summed E-state index contributed by atoms with van der Waals surface area (Å²) < 4.78 is 29.2. The molecule has 3 aromatic heterocycles. The number of nitrogen functional groups attached to an aromatic ring is 1. The van der Waals surface area contributed by atoms with E-state index in [0.29, 0.717) is 12.2 Å². The van der Waals surface area contributed by atoms with Gasteiger partial charge in [-0.15, -0.1) is 5.10 Å². The second-order valence-corrected chi connectivity index (χ2v) is 5.84. The first-order valence-corrected chi connectivity index (χ1v) is 8.08. The zero-order valence-electron chi connectivity index (χ0n) is 14.6. The monoisotopic (exact) mass is 348 g/mol. The van der Waals surface area contributed by atoms with Crippen LogP contribution in [0.3, 0.4) is 0 Å². The molecule has 0 bridgehead atoms. The Hall–Kier alpha value is -2.68. The normalized spacial score (nSPS) is 12.9. The maximum absolute atomic E-state index is 14.8. The molecule has 9 heteroatoms. The van der Waals surface area contributed by atoms with Crippen molar-refractivity contribution < 1.29 is 13.9 Å². The summed E-state index contributed by atoms with van der Waals surface area (Å²) in [5.41, 5.74) is 6.74. The minimum Gasteiger partial charge on any atom is -0.474 e. The SMILES string of the molecule is CCOC(C)n1cc(-c2c(F)cc3nc(N)nn3c2OC(C)C)cn1. The van der Waals surface area contributed by atoms with E-state index < -0.39 is 5.82 Å². The van der Waals surface area contributed by atoms with Crippen LogP contribution >= 0.6 is 0 Å². The Labute approximate surface area is 144 Å². The van der Waals surface area contributed by atoms with Crippen molar-refractivity contribution in [3.8, 4) is 17.0 Å². The maximum atomic E-state index is 14.8. The van der Waals surface area contributed by atoms with Crippen LogP contribution < -0.4 is 10.5 Å². The molecule has 0 amide bonds. The molecule has 2 N–H and O–H groups in total. The van der Waals surface area contributed by atoms with E-state index in [1.165, 1.54) is 10.6 Å². The molecule has 0 fully saturated rings. The Kier molecular flexibility index (Phi) is 4.58. The van der Waals surface area contributed by atoms with Crippen molar-refractivity contribution in [2.75, 3.05) is 12.3 Å². The molecule has 3 rings (SSSR count). The van der Waals surface area contributed by atoms with Gasteiger partial charge >= 0.3 is 0 Å². The van der Waals surface area contributed by atoms with Gasteiger partial charge in [-0.25, -0.2) is 9.07 Å². The van der Waals surface area contributed by atoms with Crippen LogP contribution in [0.5, 0.6) is 5.88 Å². The minimum atomic E-state index is -0.487. The van der Waals surface area contributed by atoms with Crippen LogP contribution in [0.2, 0.25) is 0 Å². The minimum absolute atomic E-state index is 0.0471. The summed E-state index contributed by atoms with van der Waals surface area (Å²) in [5, 5.41) is 8.36. The highest BCUT2D eigenvalue weighted by Crippen LogP contribution is 2.34. The summed E-state index contributed by atoms with van der Waals surface area (Å²) >= 11 is 0. The number of hydrogen-bond acceptors (Lipinski definition) is 6. The van der Waals surface area contributed by atoms with Gasteiger partial charge in [-0.3, -0.25) is 0 Å². The van der Waals surface area contributed by atoms with E-state index >= 15 is 0 Å². The maximum Gasteiger partial charge on any atom is 0.240 e. The van der Waals surface area contributed by atoms with Gasteiger partial charge in [-0.2, -0.15) is 14.6 Å². The van der Waals surface area contributed by atoms with Gasteiger partial charge in [-0.05, 0) is 27.7 Å². The van der Waals surface area contributed by atoms with Gasteiger partial charge in [0.15, 0.2) is 5.65 Å². The molecule has 0 saturated carbocycles. The molecule has 25 heavy (non-hydrogen) atoms. The highest BCUT2D eigenvalue weighted by atomic mass is 19.1. The number of halogens is 1. The van der Waals surface area contributed by atoms with Crippen LogP contribution in [0.25, 0.3) is 16.8 Å². The molecule has 8 nitrogen and oxygen atoms in total. The number of nitrogens with two attached hydrogens (primary N) is 1. The Morgan fingerprint density at radius 1 is 1.32 bits per heavy atom. The molecule has 0 aromatic carbocycles. The average molecular weight is 348 g/mol. The Morgan fingerprint density at radius 3 is 2.76 bits per heavy atom. The lowest BCUT2D eigenvalue weighted by atomic mass is 10.1. The lowest BCUT2D eigenvalue weighted by Crippen LogP contribution is -2.12. The third kappa shape index (κ3) is 3.27. The summed E-state index contributed by atoms with van der Waals surface area (Å²) in [5.74, 6) is -0.206. The first kappa shape index (κ1) is 17.2. The Balaban J connectivity index is 2.16. The highest BCUT2D eigenvalue weighted by Gasteiger charge is 2.22. The van der Waals surface area contributed by atoms with Crippen LogP contribution in [0.4, 0.5) is 10.3 Å².